The van der Waals surface area contributed by atoms with Crippen LogP contribution in [-0.2, 0) is 20.3 Å². The second-order valence-electron chi connectivity index (χ2n) is 6.50. The summed E-state index contributed by atoms with van der Waals surface area (Å²) in [5, 5.41) is 0. The summed E-state index contributed by atoms with van der Waals surface area (Å²) in [6.07, 6.45) is 1.15. The van der Waals surface area contributed by atoms with Crippen LogP contribution in [0.15, 0.2) is 64.1 Å². The maximum atomic E-state index is 12.8. The number of sulfone groups is 1. The highest BCUT2D eigenvalue weighted by Gasteiger charge is 2.32. The number of methoxy groups -OCH3 is 1. The molecule has 1 aliphatic rings. The first-order valence-electron chi connectivity index (χ1n) is 8.69. The van der Waals surface area contributed by atoms with Gasteiger partial charge in [0, 0.05) is 11.1 Å². The van der Waals surface area contributed by atoms with E-state index in [1.54, 1.807) is 49.6 Å². The van der Waals surface area contributed by atoms with Gasteiger partial charge in [-0.05, 0) is 30.7 Å². The van der Waals surface area contributed by atoms with Crippen LogP contribution in [0, 0.1) is 0 Å². The van der Waals surface area contributed by atoms with Crippen molar-refractivity contribution in [3.63, 3.8) is 0 Å². The number of rotatable bonds is 4. The Bertz CT molecular complexity index is 1140. The number of hydrogen-bond donors (Lipinski definition) is 0. The first kappa shape index (κ1) is 18.3. The van der Waals surface area contributed by atoms with Crippen LogP contribution in [0.2, 0.25) is 0 Å². The molecule has 1 aliphatic heterocycles. The largest absolute Gasteiger partial charge is 0.481 e. The number of carbonyl (C=O) groups is 1. The van der Waals surface area contributed by atoms with E-state index in [2.05, 4.69) is 0 Å². The maximum absolute atomic E-state index is 12.8. The van der Waals surface area contributed by atoms with E-state index in [-0.39, 0.29) is 16.2 Å². The van der Waals surface area contributed by atoms with Gasteiger partial charge in [0.15, 0.2) is 21.7 Å². The molecule has 0 radical (unpaired) electrons. The topological polar surface area (TPSA) is 82.8 Å². The highest BCUT2D eigenvalue weighted by Crippen LogP contribution is 2.46. The van der Waals surface area contributed by atoms with Crippen molar-refractivity contribution in [3.8, 4) is 16.9 Å². The van der Waals surface area contributed by atoms with Crippen LogP contribution in [0.1, 0.15) is 34.7 Å². The minimum atomic E-state index is -3.65. The molecule has 144 valence electrons. The van der Waals surface area contributed by atoms with Crippen LogP contribution in [-0.4, -0.2) is 21.5 Å². The van der Waals surface area contributed by atoms with Gasteiger partial charge in [0.25, 0.3) is 0 Å². The van der Waals surface area contributed by atoms with Crippen molar-refractivity contribution < 1.29 is 27.1 Å². The van der Waals surface area contributed by atoms with E-state index in [1.165, 1.54) is 19.2 Å². The zero-order valence-electron chi connectivity index (χ0n) is 15.3. The lowest BCUT2D eigenvalue weighted by Crippen LogP contribution is -2.17. The summed E-state index contributed by atoms with van der Waals surface area (Å²) in [6.45, 7) is 1.81. The van der Waals surface area contributed by atoms with Crippen LogP contribution in [0.25, 0.3) is 11.1 Å². The molecule has 0 bridgehead atoms. The molecule has 6 nitrogen and oxygen atoms in total. The van der Waals surface area contributed by atoms with Crippen molar-refractivity contribution >= 4 is 15.8 Å². The molecule has 3 aromatic rings. The Labute approximate surface area is 162 Å². The number of furan rings is 1. The molecular weight excluding hydrogens is 380 g/mol. The van der Waals surface area contributed by atoms with E-state index in [0.717, 1.165) is 5.56 Å². The quantitative estimate of drug-likeness (QED) is 0.614. The molecule has 1 unspecified atom stereocenters. The molecule has 7 heteroatoms. The van der Waals surface area contributed by atoms with Crippen LogP contribution < -0.4 is 4.74 Å². The molecule has 0 saturated heterocycles. The van der Waals surface area contributed by atoms with Crippen LogP contribution in [0.4, 0.5) is 0 Å². The predicted octanol–water partition coefficient (Wildman–Crippen LogP) is 4.16. The number of fused-ring (bicyclic) bond motifs is 3. The molecule has 0 amide bonds. The Morgan fingerprint density at radius 1 is 1.07 bits per heavy atom. The smallest absolute Gasteiger partial charge is 0.341 e. The normalized spacial score (nSPS) is 15.3. The van der Waals surface area contributed by atoms with Gasteiger partial charge in [-0.2, -0.15) is 0 Å². The molecule has 1 atom stereocenters. The number of benzene rings is 2. The lowest BCUT2D eigenvalue weighted by Gasteiger charge is -2.25. The Morgan fingerprint density at radius 2 is 1.82 bits per heavy atom. The third kappa shape index (κ3) is 2.97. The summed E-state index contributed by atoms with van der Waals surface area (Å²) in [6, 6.07) is 13.3. The standard InChI is InChI=1S/C21H18O6S/c1-13-19-17(10-11-26-19)16-9-8-14(18(20(16)27-13)21(22)25-2)12-28(23,24)15-6-4-3-5-7-15/h3-11,13H,12H2,1-2H3. The summed E-state index contributed by atoms with van der Waals surface area (Å²) in [7, 11) is -2.39. The first-order chi connectivity index (χ1) is 13.4. The van der Waals surface area contributed by atoms with Gasteiger partial charge in [0.1, 0.15) is 11.3 Å². The van der Waals surface area contributed by atoms with Gasteiger partial charge in [-0.25, -0.2) is 13.2 Å². The third-order valence-corrected chi connectivity index (χ3v) is 6.41. The van der Waals surface area contributed by atoms with Crippen LogP contribution >= 0.6 is 0 Å². The summed E-state index contributed by atoms with van der Waals surface area (Å²) >= 11 is 0. The average Bonchev–Trinajstić information content (AvgIpc) is 3.18. The van der Waals surface area contributed by atoms with Crippen molar-refractivity contribution in [3.05, 3.63) is 71.7 Å². The monoisotopic (exact) mass is 398 g/mol. The van der Waals surface area contributed by atoms with Crippen LogP contribution in [0.3, 0.4) is 0 Å². The molecule has 4 rings (SSSR count). The minimum absolute atomic E-state index is 0.123. The summed E-state index contributed by atoms with van der Waals surface area (Å²) in [5.41, 5.74) is 1.94. The van der Waals surface area contributed by atoms with Gasteiger partial charge >= 0.3 is 5.97 Å². The Kier molecular flexibility index (Phi) is 4.47. The highest BCUT2D eigenvalue weighted by atomic mass is 32.2. The number of hydrogen-bond acceptors (Lipinski definition) is 6. The molecule has 0 N–H and O–H groups in total. The predicted molar refractivity (Wildman–Crippen MR) is 102 cm³/mol. The summed E-state index contributed by atoms with van der Waals surface area (Å²) in [4.78, 5) is 12.8. The molecule has 1 aromatic heterocycles. The van der Waals surface area contributed by atoms with Crippen molar-refractivity contribution in [2.24, 2.45) is 0 Å². The molecule has 2 aromatic carbocycles. The van der Waals surface area contributed by atoms with E-state index in [0.29, 0.717) is 22.6 Å². The van der Waals surface area contributed by atoms with Gasteiger partial charge in [-0.3, -0.25) is 0 Å². The van der Waals surface area contributed by atoms with Crippen molar-refractivity contribution in [1.82, 2.24) is 0 Å². The molecule has 0 saturated carbocycles. The van der Waals surface area contributed by atoms with Crippen molar-refractivity contribution in [1.29, 1.82) is 0 Å². The van der Waals surface area contributed by atoms with E-state index >= 15 is 0 Å². The fraction of sp³-hybridized carbons (Fsp3) is 0.190. The van der Waals surface area contributed by atoms with Crippen molar-refractivity contribution in [2.45, 2.75) is 23.7 Å². The average molecular weight is 398 g/mol. The van der Waals surface area contributed by atoms with E-state index in [1.807, 2.05) is 0 Å². The van der Waals surface area contributed by atoms with E-state index in [4.69, 9.17) is 13.9 Å². The molecule has 0 fully saturated rings. The second-order valence-corrected chi connectivity index (χ2v) is 8.49. The van der Waals surface area contributed by atoms with Gasteiger partial charge in [0.05, 0.1) is 24.0 Å². The van der Waals surface area contributed by atoms with Gasteiger partial charge in [-0.1, -0.05) is 30.3 Å². The lowest BCUT2D eigenvalue weighted by molar-refractivity contribution is 0.0591. The fourth-order valence-electron chi connectivity index (χ4n) is 3.41. The van der Waals surface area contributed by atoms with Crippen LogP contribution in [0.5, 0.6) is 5.75 Å². The first-order valence-corrected chi connectivity index (χ1v) is 10.3. The zero-order chi connectivity index (χ0) is 19.9. The van der Waals surface area contributed by atoms with Crippen molar-refractivity contribution in [2.75, 3.05) is 7.11 Å². The second kappa shape index (κ2) is 6.83. The van der Waals surface area contributed by atoms with E-state index in [9.17, 15) is 13.2 Å². The Morgan fingerprint density at radius 3 is 2.54 bits per heavy atom. The lowest BCUT2D eigenvalue weighted by atomic mass is 9.95. The van der Waals surface area contributed by atoms with Gasteiger partial charge < -0.3 is 13.9 Å². The number of carbonyl (C=O) groups excluding carboxylic acids is 1. The fourth-order valence-corrected chi connectivity index (χ4v) is 4.80. The summed E-state index contributed by atoms with van der Waals surface area (Å²) in [5.74, 6) is -0.0127. The summed E-state index contributed by atoms with van der Waals surface area (Å²) < 4.78 is 42.0. The molecule has 2 heterocycles. The third-order valence-electron chi connectivity index (χ3n) is 4.73. The van der Waals surface area contributed by atoms with Gasteiger partial charge in [-0.15, -0.1) is 0 Å². The Balaban J connectivity index is 1.86. The Hall–Kier alpha value is -3.06. The van der Waals surface area contributed by atoms with Gasteiger partial charge in [0.2, 0.25) is 0 Å². The highest BCUT2D eigenvalue weighted by molar-refractivity contribution is 7.90. The SMILES string of the molecule is COC(=O)c1c(CS(=O)(=O)c2ccccc2)ccc2c1OC(C)c1occc1-2. The number of ether oxygens (including phenoxy) is 2. The molecule has 0 aliphatic carbocycles. The zero-order valence-corrected chi connectivity index (χ0v) is 16.2. The molecule has 0 spiro atoms. The minimum Gasteiger partial charge on any atom is -0.481 e. The molecule has 28 heavy (non-hydrogen) atoms. The van der Waals surface area contributed by atoms with E-state index < -0.39 is 21.9 Å². The maximum Gasteiger partial charge on any atom is 0.341 e. The molecular formula is C21H18O6S. The number of esters is 1.